The van der Waals surface area contributed by atoms with Crippen molar-refractivity contribution in [3.8, 4) is 0 Å². The van der Waals surface area contributed by atoms with Gasteiger partial charge in [0.15, 0.2) is 5.16 Å². The van der Waals surface area contributed by atoms with Gasteiger partial charge in [-0.2, -0.15) is 26.3 Å². The van der Waals surface area contributed by atoms with Gasteiger partial charge >= 0.3 is 12.4 Å². The molecule has 0 aliphatic rings. The fourth-order valence-electron chi connectivity index (χ4n) is 2.80. The molecule has 0 radical (unpaired) electrons. The van der Waals surface area contributed by atoms with Crippen molar-refractivity contribution in [1.29, 1.82) is 0 Å². The van der Waals surface area contributed by atoms with E-state index in [-0.39, 0.29) is 11.8 Å². The second-order valence-electron chi connectivity index (χ2n) is 6.53. The number of nitrogens with one attached hydrogen (secondary N) is 1. The highest BCUT2D eigenvalue weighted by Crippen LogP contribution is 2.37. The minimum absolute atomic E-state index is 0.00323. The molecule has 0 aliphatic carbocycles. The number of halogens is 6. The molecule has 2 heterocycles. The predicted octanol–water partition coefficient (Wildman–Crippen LogP) is 5.72. The Kier molecular flexibility index (Phi) is 7.18. The van der Waals surface area contributed by atoms with Crippen LogP contribution in [0.4, 0.5) is 32.0 Å². The summed E-state index contributed by atoms with van der Waals surface area (Å²) in [5, 5.41) is 12.6. The van der Waals surface area contributed by atoms with Gasteiger partial charge in [0.2, 0.25) is 5.91 Å². The zero-order valence-corrected chi connectivity index (χ0v) is 18.1. The standard InChI is InChI=1S/C19H16F6N4OS2/c1-2-29-15(9-14-4-3-5-31-14)27-28-17(29)32-10-16(30)26-13-7-11(18(20,21)22)6-12(8-13)19(23,24)25/h3-8H,2,9-10H2,1H3,(H,26,30). The van der Waals surface area contributed by atoms with Gasteiger partial charge in [0.05, 0.1) is 16.9 Å². The number of nitrogens with zero attached hydrogens (tertiary/aromatic N) is 3. The normalized spacial score (nSPS) is 12.2. The molecule has 0 spiro atoms. The molecule has 0 atom stereocenters. The van der Waals surface area contributed by atoms with Crippen molar-refractivity contribution >= 4 is 34.7 Å². The van der Waals surface area contributed by atoms with Crippen LogP contribution in [0.3, 0.4) is 0 Å². The third-order valence-corrected chi connectivity index (χ3v) is 6.07. The maximum atomic E-state index is 13.0. The molecule has 3 rings (SSSR count). The average molecular weight is 494 g/mol. The van der Waals surface area contributed by atoms with Crippen LogP contribution in [-0.4, -0.2) is 26.4 Å². The lowest BCUT2D eigenvalue weighted by molar-refractivity contribution is -0.143. The van der Waals surface area contributed by atoms with E-state index >= 15 is 0 Å². The third kappa shape index (κ3) is 6.03. The monoisotopic (exact) mass is 494 g/mol. The molecule has 5 nitrogen and oxygen atoms in total. The highest BCUT2D eigenvalue weighted by molar-refractivity contribution is 7.99. The molecule has 32 heavy (non-hydrogen) atoms. The van der Waals surface area contributed by atoms with E-state index in [4.69, 9.17) is 0 Å². The Morgan fingerprint density at radius 3 is 2.28 bits per heavy atom. The van der Waals surface area contributed by atoms with Crippen molar-refractivity contribution in [2.75, 3.05) is 11.1 Å². The molecular weight excluding hydrogens is 478 g/mol. The van der Waals surface area contributed by atoms with Crippen LogP contribution in [0.5, 0.6) is 0 Å². The van der Waals surface area contributed by atoms with Crippen LogP contribution in [-0.2, 0) is 30.1 Å². The summed E-state index contributed by atoms with van der Waals surface area (Å²) in [6, 6.07) is 4.79. The summed E-state index contributed by atoms with van der Waals surface area (Å²) in [5.74, 6) is -0.354. The van der Waals surface area contributed by atoms with Gasteiger partial charge in [0.1, 0.15) is 5.82 Å². The lowest BCUT2D eigenvalue weighted by Gasteiger charge is -2.14. The first kappa shape index (κ1) is 24.1. The van der Waals surface area contributed by atoms with Crippen molar-refractivity contribution in [1.82, 2.24) is 14.8 Å². The van der Waals surface area contributed by atoms with Gasteiger partial charge in [-0.05, 0) is 36.6 Å². The lowest BCUT2D eigenvalue weighted by atomic mass is 10.1. The predicted molar refractivity (Wildman–Crippen MR) is 109 cm³/mol. The molecular formula is C19H16F6N4OS2. The number of carbonyl (C=O) groups excluding carboxylic acids is 1. The summed E-state index contributed by atoms with van der Waals surface area (Å²) in [6.07, 6.45) is -9.44. The molecule has 172 valence electrons. The van der Waals surface area contributed by atoms with E-state index in [9.17, 15) is 31.1 Å². The van der Waals surface area contributed by atoms with E-state index in [0.29, 0.717) is 36.1 Å². The number of rotatable bonds is 7. The molecule has 2 aromatic heterocycles. The van der Waals surface area contributed by atoms with Crippen molar-refractivity contribution in [2.45, 2.75) is 37.4 Å². The Morgan fingerprint density at radius 1 is 1.09 bits per heavy atom. The second-order valence-corrected chi connectivity index (χ2v) is 8.51. The van der Waals surface area contributed by atoms with Gasteiger partial charge in [-0.15, -0.1) is 21.5 Å². The fraction of sp³-hybridized carbons (Fsp3) is 0.316. The number of aromatic nitrogens is 3. The summed E-state index contributed by atoms with van der Waals surface area (Å²) in [4.78, 5) is 13.3. The molecule has 13 heteroatoms. The number of anilines is 1. The minimum atomic E-state index is -4.99. The highest BCUT2D eigenvalue weighted by Gasteiger charge is 2.37. The fourth-order valence-corrected chi connectivity index (χ4v) is 4.32. The average Bonchev–Trinajstić information content (AvgIpc) is 3.34. The van der Waals surface area contributed by atoms with Crippen molar-refractivity contribution < 1.29 is 31.1 Å². The number of alkyl halides is 6. The van der Waals surface area contributed by atoms with Gasteiger partial charge in [-0.25, -0.2) is 0 Å². The van der Waals surface area contributed by atoms with Gasteiger partial charge in [0.25, 0.3) is 0 Å². The maximum Gasteiger partial charge on any atom is 0.416 e. The molecule has 3 aromatic rings. The van der Waals surface area contributed by atoms with E-state index in [1.807, 2.05) is 24.4 Å². The molecule has 1 N–H and O–H groups in total. The zero-order chi connectivity index (χ0) is 23.5. The smallest absolute Gasteiger partial charge is 0.325 e. The lowest BCUT2D eigenvalue weighted by Crippen LogP contribution is -2.17. The van der Waals surface area contributed by atoms with Crippen LogP contribution in [0.1, 0.15) is 28.8 Å². The van der Waals surface area contributed by atoms with Crippen LogP contribution < -0.4 is 5.32 Å². The Labute approximate surface area is 186 Å². The van der Waals surface area contributed by atoms with Crippen LogP contribution in [0.25, 0.3) is 0 Å². The Hall–Kier alpha value is -2.54. The summed E-state index contributed by atoms with van der Waals surface area (Å²) >= 11 is 2.55. The number of hydrogen-bond acceptors (Lipinski definition) is 5. The van der Waals surface area contributed by atoms with E-state index in [1.165, 1.54) is 0 Å². The Bertz CT molecular complexity index is 1040. The quantitative estimate of drug-likeness (QED) is 0.337. The van der Waals surface area contributed by atoms with Gasteiger partial charge in [-0.3, -0.25) is 4.79 Å². The first-order valence-corrected chi connectivity index (χ1v) is 11.0. The molecule has 1 aromatic carbocycles. The number of thioether (sulfide) groups is 1. The number of thiophene rings is 1. The highest BCUT2D eigenvalue weighted by atomic mass is 32.2. The Balaban J connectivity index is 1.71. The van der Waals surface area contributed by atoms with Gasteiger partial charge in [0, 0.05) is 23.5 Å². The SMILES string of the molecule is CCn1c(Cc2cccs2)nnc1SCC(=O)Nc1cc(C(F)(F)F)cc(C(F)(F)F)c1. The molecule has 1 amide bonds. The van der Waals surface area contributed by atoms with Crippen LogP contribution in [0.2, 0.25) is 0 Å². The molecule has 0 aliphatic heterocycles. The van der Waals surface area contributed by atoms with Crippen LogP contribution in [0.15, 0.2) is 40.9 Å². The first-order chi connectivity index (χ1) is 15.0. The summed E-state index contributed by atoms with van der Waals surface area (Å²) in [5.41, 5.74) is -3.59. The Morgan fingerprint density at radius 2 is 1.75 bits per heavy atom. The van der Waals surface area contributed by atoms with E-state index in [1.54, 1.807) is 15.9 Å². The largest absolute Gasteiger partial charge is 0.416 e. The minimum Gasteiger partial charge on any atom is -0.325 e. The van der Waals surface area contributed by atoms with Gasteiger partial charge in [-0.1, -0.05) is 17.8 Å². The van der Waals surface area contributed by atoms with Crippen LogP contribution in [0, 0.1) is 0 Å². The van der Waals surface area contributed by atoms with Crippen molar-refractivity contribution in [3.05, 3.63) is 57.5 Å². The maximum absolute atomic E-state index is 13.0. The number of carbonyl (C=O) groups is 1. The van der Waals surface area contributed by atoms with E-state index < -0.39 is 35.1 Å². The zero-order valence-electron chi connectivity index (χ0n) is 16.4. The first-order valence-electron chi connectivity index (χ1n) is 9.14. The number of amides is 1. The topological polar surface area (TPSA) is 59.8 Å². The summed E-state index contributed by atoms with van der Waals surface area (Å²) in [6.45, 7) is 2.40. The molecule has 0 saturated heterocycles. The number of benzene rings is 1. The second kappa shape index (κ2) is 9.53. The third-order valence-electron chi connectivity index (χ3n) is 4.23. The van der Waals surface area contributed by atoms with Gasteiger partial charge < -0.3 is 9.88 Å². The summed E-state index contributed by atoms with van der Waals surface area (Å²) < 4.78 is 79.6. The molecule has 0 fully saturated rings. The van der Waals surface area contributed by atoms with E-state index in [2.05, 4.69) is 15.5 Å². The summed E-state index contributed by atoms with van der Waals surface area (Å²) in [7, 11) is 0. The van der Waals surface area contributed by atoms with Crippen LogP contribution >= 0.6 is 23.1 Å². The van der Waals surface area contributed by atoms with E-state index in [0.717, 1.165) is 16.6 Å². The van der Waals surface area contributed by atoms with Crippen molar-refractivity contribution in [3.63, 3.8) is 0 Å². The number of hydrogen-bond donors (Lipinski definition) is 1. The van der Waals surface area contributed by atoms with Crippen molar-refractivity contribution in [2.24, 2.45) is 0 Å². The molecule has 0 unspecified atom stereocenters. The molecule has 0 bridgehead atoms. The molecule has 0 saturated carbocycles.